The van der Waals surface area contributed by atoms with Crippen LogP contribution >= 0.6 is 0 Å². The van der Waals surface area contributed by atoms with Crippen molar-refractivity contribution in [3.8, 4) is 0 Å². The van der Waals surface area contributed by atoms with Gasteiger partial charge in [-0.15, -0.1) is 0 Å². The molecule has 0 aromatic carbocycles. The van der Waals surface area contributed by atoms with Crippen LogP contribution in [0.15, 0.2) is 11.8 Å². The van der Waals surface area contributed by atoms with Gasteiger partial charge in [-0.3, -0.25) is 9.59 Å². The van der Waals surface area contributed by atoms with E-state index in [1.54, 1.807) is 0 Å². The van der Waals surface area contributed by atoms with Gasteiger partial charge in [-0.2, -0.15) is 0 Å². The van der Waals surface area contributed by atoms with Gasteiger partial charge in [0.1, 0.15) is 6.29 Å². The van der Waals surface area contributed by atoms with Crippen LogP contribution in [0, 0.1) is 0 Å². The summed E-state index contributed by atoms with van der Waals surface area (Å²) in [6, 6.07) is 0. The molecule has 1 N–H and O–H groups in total. The molecular formula is C5H5NO2. The third-order valence-corrected chi connectivity index (χ3v) is 0.935. The number of carbonyl (C=O) groups excluding carboxylic acids is 2. The quantitative estimate of drug-likeness (QED) is 0.467. The highest BCUT2D eigenvalue weighted by Crippen LogP contribution is 2.01. The topological polar surface area (TPSA) is 46.2 Å². The van der Waals surface area contributed by atoms with E-state index in [4.69, 9.17) is 0 Å². The second-order valence-corrected chi connectivity index (χ2v) is 1.58. The fourth-order valence-corrected chi connectivity index (χ4v) is 0.536. The minimum absolute atomic E-state index is 0.105. The van der Waals surface area contributed by atoms with Crippen LogP contribution in [0.5, 0.6) is 0 Å². The van der Waals surface area contributed by atoms with Crippen molar-refractivity contribution >= 4 is 12.2 Å². The van der Waals surface area contributed by atoms with Gasteiger partial charge >= 0.3 is 0 Å². The van der Waals surface area contributed by atoms with E-state index in [1.807, 2.05) is 0 Å². The maximum atomic E-state index is 10.3. The number of hydrogen-bond acceptors (Lipinski definition) is 2. The second kappa shape index (κ2) is 1.78. The lowest BCUT2D eigenvalue weighted by Gasteiger charge is -1.80. The molecule has 0 saturated heterocycles. The van der Waals surface area contributed by atoms with Gasteiger partial charge in [0, 0.05) is 11.8 Å². The molecule has 0 spiro atoms. The maximum absolute atomic E-state index is 10.3. The van der Waals surface area contributed by atoms with Crippen molar-refractivity contribution in [3.05, 3.63) is 11.8 Å². The third-order valence-electron chi connectivity index (χ3n) is 0.935. The van der Waals surface area contributed by atoms with Crippen molar-refractivity contribution in [2.24, 2.45) is 0 Å². The molecule has 42 valence electrons. The summed E-state index contributed by atoms with van der Waals surface area (Å²) >= 11 is 0. The van der Waals surface area contributed by atoms with Gasteiger partial charge in [-0.05, 0) is 0 Å². The number of aldehydes is 1. The molecule has 0 aromatic rings. The Morgan fingerprint density at radius 3 is 2.75 bits per heavy atom. The van der Waals surface area contributed by atoms with Crippen LogP contribution < -0.4 is 5.32 Å². The van der Waals surface area contributed by atoms with Crippen LogP contribution in [-0.4, -0.2) is 12.2 Å². The smallest absolute Gasteiger partial charge is 0.228 e. The predicted molar refractivity (Wildman–Crippen MR) is 26.9 cm³/mol. The van der Waals surface area contributed by atoms with Gasteiger partial charge in [-0.25, -0.2) is 0 Å². The van der Waals surface area contributed by atoms with Crippen LogP contribution in [-0.2, 0) is 9.59 Å². The highest BCUT2D eigenvalue weighted by Gasteiger charge is 2.09. The minimum atomic E-state index is -0.105. The Bertz CT molecular complexity index is 160. The zero-order valence-corrected chi connectivity index (χ0v) is 4.18. The Labute approximate surface area is 46.4 Å². The number of amides is 1. The Kier molecular flexibility index (Phi) is 1.12. The lowest BCUT2D eigenvalue weighted by Crippen LogP contribution is -2.08. The van der Waals surface area contributed by atoms with Crippen molar-refractivity contribution in [3.63, 3.8) is 0 Å². The van der Waals surface area contributed by atoms with Crippen LogP contribution in [0.3, 0.4) is 0 Å². The van der Waals surface area contributed by atoms with Gasteiger partial charge in [-0.1, -0.05) is 0 Å². The van der Waals surface area contributed by atoms with E-state index >= 15 is 0 Å². The number of carbonyl (C=O) groups is 2. The van der Waals surface area contributed by atoms with Crippen LogP contribution in [0.1, 0.15) is 6.42 Å². The number of hydrogen-bond donors (Lipinski definition) is 1. The average molecular weight is 111 g/mol. The van der Waals surface area contributed by atoms with E-state index in [2.05, 4.69) is 5.32 Å². The van der Waals surface area contributed by atoms with E-state index in [1.165, 1.54) is 6.20 Å². The molecule has 0 bridgehead atoms. The molecule has 0 atom stereocenters. The van der Waals surface area contributed by atoms with E-state index in [0.29, 0.717) is 11.9 Å². The molecule has 0 radical (unpaired) electrons. The third kappa shape index (κ3) is 0.753. The molecule has 1 rings (SSSR count). The first-order chi connectivity index (χ1) is 3.83. The van der Waals surface area contributed by atoms with E-state index in [-0.39, 0.29) is 12.3 Å². The standard InChI is InChI=1S/C5H5NO2/c7-3-4-1-5(8)6-2-4/h2-3H,1H2,(H,6,8). The first kappa shape index (κ1) is 5.03. The molecular weight excluding hydrogens is 106 g/mol. The Morgan fingerprint density at radius 1 is 1.75 bits per heavy atom. The Morgan fingerprint density at radius 2 is 2.50 bits per heavy atom. The molecule has 0 saturated carbocycles. The van der Waals surface area contributed by atoms with Gasteiger partial charge in [0.05, 0.1) is 6.42 Å². The molecule has 0 unspecified atom stereocenters. The summed E-state index contributed by atoms with van der Waals surface area (Å²) in [5, 5.41) is 2.39. The zero-order valence-electron chi connectivity index (χ0n) is 4.18. The van der Waals surface area contributed by atoms with Crippen molar-refractivity contribution in [2.45, 2.75) is 6.42 Å². The van der Waals surface area contributed by atoms with E-state index < -0.39 is 0 Å². The highest BCUT2D eigenvalue weighted by molar-refractivity contribution is 5.91. The molecule has 1 heterocycles. The summed E-state index contributed by atoms with van der Waals surface area (Å²) in [4.78, 5) is 20.2. The first-order valence-corrected chi connectivity index (χ1v) is 2.26. The zero-order chi connectivity index (χ0) is 5.98. The molecule has 1 aliphatic heterocycles. The van der Waals surface area contributed by atoms with Crippen LogP contribution in [0.4, 0.5) is 0 Å². The highest BCUT2D eigenvalue weighted by atomic mass is 16.2. The minimum Gasteiger partial charge on any atom is -0.332 e. The van der Waals surface area contributed by atoms with Crippen molar-refractivity contribution < 1.29 is 9.59 Å². The largest absolute Gasteiger partial charge is 0.332 e. The normalized spacial score (nSPS) is 17.5. The van der Waals surface area contributed by atoms with Crippen molar-refractivity contribution in [1.82, 2.24) is 5.32 Å². The molecule has 8 heavy (non-hydrogen) atoms. The van der Waals surface area contributed by atoms with Gasteiger partial charge in [0.15, 0.2) is 0 Å². The monoisotopic (exact) mass is 111 g/mol. The second-order valence-electron chi connectivity index (χ2n) is 1.58. The summed E-state index contributed by atoms with van der Waals surface area (Å²) in [5.74, 6) is -0.105. The van der Waals surface area contributed by atoms with Gasteiger partial charge < -0.3 is 5.32 Å². The first-order valence-electron chi connectivity index (χ1n) is 2.26. The lowest BCUT2D eigenvalue weighted by molar-refractivity contribution is -0.119. The predicted octanol–water partition coefficient (Wildman–Crippen LogP) is -0.411. The van der Waals surface area contributed by atoms with Crippen molar-refractivity contribution in [1.29, 1.82) is 0 Å². The number of rotatable bonds is 1. The van der Waals surface area contributed by atoms with Gasteiger partial charge in [0.2, 0.25) is 5.91 Å². The Balaban J connectivity index is 2.61. The number of nitrogens with one attached hydrogen (secondary N) is 1. The molecule has 0 aromatic heterocycles. The van der Waals surface area contributed by atoms with Crippen LogP contribution in [0.2, 0.25) is 0 Å². The summed E-state index contributed by atoms with van der Waals surface area (Å²) in [5.41, 5.74) is 0.523. The van der Waals surface area contributed by atoms with E-state index in [0.717, 1.165) is 0 Å². The molecule has 1 amide bonds. The molecule has 0 fully saturated rings. The lowest BCUT2D eigenvalue weighted by atomic mass is 10.3. The summed E-state index contributed by atoms with van der Waals surface area (Å²) in [7, 11) is 0. The maximum Gasteiger partial charge on any atom is 0.228 e. The summed E-state index contributed by atoms with van der Waals surface area (Å²) in [6.45, 7) is 0. The van der Waals surface area contributed by atoms with E-state index in [9.17, 15) is 9.59 Å². The SMILES string of the molecule is O=CC1=CNC(=O)C1. The average Bonchev–Trinajstić information content (AvgIpc) is 2.14. The fraction of sp³-hybridized carbons (Fsp3) is 0.200. The summed E-state index contributed by atoms with van der Waals surface area (Å²) in [6.07, 6.45) is 2.34. The molecule has 1 aliphatic rings. The van der Waals surface area contributed by atoms with Crippen molar-refractivity contribution in [2.75, 3.05) is 0 Å². The van der Waals surface area contributed by atoms with Crippen LogP contribution in [0.25, 0.3) is 0 Å². The summed E-state index contributed by atoms with van der Waals surface area (Å²) < 4.78 is 0. The Hall–Kier alpha value is -1.12. The molecule has 3 heteroatoms. The fourth-order valence-electron chi connectivity index (χ4n) is 0.536. The molecule has 0 aliphatic carbocycles. The van der Waals surface area contributed by atoms with Gasteiger partial charge in [0.25, 0.3) is 0 Å². The molecule has 3 nitrogen and oxygen atoms in total.